The molecule has 6 N–H and O–H groups in total. The third-order valence-electron chi connectivity index (χ3n) is 6.70. The van der Waals surface area contributed by atoms with Crippen LogP contribution in [0.5, 0.6) is 0 Å². The minimum Gasteiger partial charge on any atom is -0.381 e. The molecule has 0 bridgehead atoms. The number of hydrazone groups is 1. The van der Waals surface area contributed by atoms with Crippen molar-refractivity contribution in [2.45, 2.75) is 44.3 Å². The second-order valence-corrected chi connectivity index (χ2v) is 10.3. The van der Waals surface area contributed by atoms with Crippen LogP contribution in [0, 0.1) is 0 Å². The molecule has 3 aromatic rings. The van der Waals surface area contributed by atoms with Crippen LogP contribution >= 0.6 is 11.3 Å². The van der Waals surface area contributed by atoms with Crippen LogP contribution < -0.4 is 22.0 Å². The number of nitrogens with one attached hydrogen (secondary N) is 3. The molecule has 2 amide bonds. The van der Waals surface area contributed by atoms with E-state index in [1.54, 1.807) is 16.6 Å². The molecule has 1 saturated heterocycles. The SMILES string of the molecule is CCN[C@@H](C(=O)N1CCC[C@H]1C(=O)NCc1ccc(/C(N)=N/NO)s1)C(c1ccccc1)c1ccccc1. The summed E-state index contributed by atoms with van der Waals surface area (Å²) in [4.78, 5) is 30.6. The fourth-order valence-corrected chi connectivity index (χ4v) is 5.81. The van der Waals surface area contributed by atoms with Crippen LogP contribution in [0.2, 0.25) is 0 Å². The maximum atomic E-state index is 14.1. The number of carbonyl (C=O) groups excluding carboxylic acids is 2. The van der Waals surface area contributed by atoms with Crippen LogP contribution in [-0.4, -0.2) is 52.9 Å². The van der Waals surface area contributed by atoms with E-state index in [4.69, 9.17) is 10.9 Å². The van der Waals surface area contributed by atoms with Crippen molar-refractivity contribution in [1.82, 2.24) is 21.1 Å². The van der Waals surface area contributed by atoms with Gasteiger partial charge in [-0.15, -0.1) is 16.4 Å². The molecule has 0 saturated carbocycles. The zero-order chi connectivity index (χ0) is 26.9. The van der Waals surface area contributed by atoms with Gasteiger partial charge in [0.1, 0.15) is 6.04 Å². The maximum Gasteiger partial charge on any atom is 0.243 e. The molecular formula is C28H34N6O3S. The Labute approximate surface area is 226 Å². The van der Waals surface area contributed by atoms with Gasteiger partial charge in [-0.05, 0) is 42.6 Å². The van der Waals surface area contributed by atoms with Gasteiger partial charge in [0.25, 0.3) is 0 Å². The highest BCUT2D eigenvalue weighted by Gasteiger charge is 2.40. The van der Waals surface area contributed by atoms with Gasteiger partial charge in [0, 0.05) is 17.3 Å². The molecule has 2 heterocycles. The number of amides is 2. The summed E-state index contributed by atoms with van der Waals surface area (Å²) < 4.78 is 0. The summed E-state index contributed by atoms with van der Waals surface area (Å²) in [5, 5.41) is 18.7. The predicted molar refractivity (Wildman–Crippen MR) is 149 cm³/mol. The lowest BCUT2D eigenvalue weighted by Crippen LogP contribution is -2.54. The number of hydrogen-bond donors (Lipinski definition) is 5. The van der Waals surface area contributed by atoms with Gasteiger partial charge in [-0.3, -0.25) is 14.8 Å². The number of thiophene rings is 1. The molecule has 1 aliphatic rings. The van der Waals surface area contributed by atoms with Crippen LogP contribution in [0.25, 0.3) is 0 Å². The summed E-state index contributed by atoms with van der Waals surface area (Å²) in [6, 6.07) is 22.7. The lowest BCUT2D eigenvalue weighted by atomic mass is 9.84. The molecule has 200 valence electrons. The van der Waals surface area contributed by atoms with Crippen molar-refractivity contribution in [3.8, 4) is 0 Å². The molecule has 10 heteroatoms. The summed E-state index contributed by atoms with van der Waals surface area (Å²) in [7, 11) is 0. The van der Waals surface area contributed by atoms with E-state index >= 15 is 0 Å². The van der Waals surface area contributed by atoms with Crippen molar-refractivity contribution in [1.29, 1.82) is 0 Å². The molecule has 9 nitrogen and oxygen atoms in total. The third kappa shape index (κ3) is 6.39. The lowest BCUT2D eigenvalue weighted by Gasteiger charge is -2.33. The summed E-state index contributed by atoms with van der Waals surface area (Å²) in [6.07, 6.45) is 1.39. The second kappa shape index (κ2) is 13.2. The fraction of sp³-hybridized carbons (Fsp3) is 0.321. The Bertz CT molecular complexity index is 1190. The number of carbonyl (C=O) groups is 2. The average Bonchev–Trinajstić information content (AvgIpc) is 3.63. The summed E-state index contributed by atoms with van der Waals surface area (Å²) in [5.74, 6) is -0.278. The molecule has 1 fully saturated rings. The molecular weight excluding hydrogens is 500 g/mol. The Balaban J connectivity index is 1.51. The van der Waals surface area contributed by atoms with E-state index < -0.39 is 12.1 Å². The van der Waals surface area contributed by atoms with E-state index in [1.807, 2.05) is 73.7 Å². The highest BCUT2D eigenvalue weighted by molar-refractivity contribution is 7.14. The Hall–Kier alpha value is -3.73. The minimum atomic E-state index is -0.527. The molecule has 0 unspecified atom stereocenters. The van der Waals surface area contributed by atoms with E-state index in [0.29, 0.717) is 30.9 Å². The number of nitrogens with zero attached hydrogens (tertiary/aromatic N) is 2. The first-order chi connectivity index (χ1) is 18.5. The Kier molecular flexibility index (Phi) is 9.47. The van der Waals surface area contributed by atoms with Gasteiger partial charge in [-0.2, -0.15) is 5.59 Å². The molecule has 1 aromatic heterocycles. The number of benzene rings is 2. The zero-order valence-electron chi connectivity index (χ0n) is 21.3. The smallest absolute Gasteiger partial charge is 0.243 e. The van der Waals surface area contributed by atoms with E-state index in [9.17, 15) is 9.59 Å². The van der Waals surface area contributed by atoms with Gasteiger partial charge in [-0.25, -0.2) is 0 Å². The first-order valence-electron chi connectivity index (χ1n) is 12.8. The van der Waals surface area contributed by atoms with Crippen molar-refractivity contribution in [3.63, 3.8) is 0 Å². The molecule has 2 aromatic carbocycles. The molecule has 0 radical (unpaired) electrons. The summed E-state index contributed by atoms with van der Waals surface area (Å²) in [6.45, 7) is 3.47. The normalized spacial score (nSPS) is 16.4. The van der Waals surface area contributed by atoms with Crippen molar-refractivity contribution >= 4 is 29.0 Å². The van der Waals surface area contributed by atoms with Crippen molar-refractivity contribution in [3.05, 3.63) is 93.7 Å². The van der Waals surface area contributed by atoms with E-state index in [2.05, 4.69) is 15.7 Å². The first kappa shape index (κ1) is 27.3. The quantitative estimate of drug-likeness (QED) is 0.146. The minimum absolute atomic E-state index is 0.0684. The van der Waals surface area contributed by atoms with Crippen molar-refractivity contribution in [2.75, 3.05) is 13.1 Å². The highest BCUT2D eigenvalue weighted by atomic mass is 32.1. The van der Waals surface area contributed by atoms with Crippen LogP contribution in [0.1, 0.15) is 46.6 Å². The largest absolute Gasteiger partial charge is 0.381 e. The predicted octanol–water partition coefficient (Wildman–Crippen LogP) is 2.76. The Morgan fingerprint density at radius 2 is 1.74 bits per heavy atom. The number of hydrogen-bond acceptors (Lipinski definition) is 7. The van der Waals surface area contributed by atoms with E-state index in [1.165, 1.54) is 11.3 Å². The monoisotopic (exact) mass is 534 g/mol. The molecule has 4 rings (SSSR count). The third-order valence-corrected chi connectivity index (χ3v) is 7.81. The van der Waals surface area contributed by atoms with Gasteiger partial charge in [-0.1, -0.05) is 67.6 Å². The van der Waals surface area contributed by atoms with Crippen LogP contribution in [0.15, 0.2) is 77.9 Å². The molecule has 2 atom stereocenters. The van der Waals surface area contributed by atoms with Crippen molar-refractivity contribution in [2.24, 2.45) is 10.8 Å². The summed E-state index contributed by atoms with van der Waals surface area (Å²) >= 11 is 1.37. The van der Waals surface area contributed by atoms with Gasteiger partial charge >= 0.3 is 0 Å². The number of nitrogens with two attached hydrogens (primary N) is 1. The van der Waals surface area contributed by atoms with Gasteiger partial charge < -0.3 is 21.3 Å². The van der Waals surface area contributed by atoms with Gasteiger partial charge in [0.15, 0.2) is 5.84 Å². The van der Waals surface area contributed by atoms with E-state index in [-0.39, 0.29) is 23.6 Å². The lowest BCUT2D eigenvalue weighted by molar-refractivity contribution is -0.140. The number of amidine groups is 1. The molecule has 0 spiro atoms. The standard InChI is InChI=1S/C28H34N6O3S/c1-2-30-25(24(19-10-5-3-6-11-19)20-12-7-4-8-13-20)28(36)34-17-9-14-22(34)27(35)31-18-21-15-16-23(38-21)26(29)32-33-37/h3-8,10-13,15-16,22,24-25,30,33,37H,2,9,14,17-18H2,1H3,(H2,29,32)(H,31,35)/t22-,25+/m0/s1. The molecule has 0 aliphatic carbocycles. The highest BCUT2D eigenvalue weighted by Crippen LogP contribution is 2.31. The Morgan fingerprint density at radius 1 is 1.08 bits per heavy atom. The number of rotatable bonds is 11. The van der Waals surface area contributed by atoms with Gasteiger partial charge in [0.05, 0.1) is 17.5 Å². The summed E-state index contributed by atoms with van der Waals surface area (Å²) in [5.41, 5.74) is 9.56. The van der Waals surface area contributed by atoms with E-state index in [0.717, 1.165) is 22.4 Å². The van der Waals surface area contributed by atoms with Crippen molar-refractivity contribution < 1.29 is 14.8 Å². The molecule has 38 heavy (non-hydrogen) atoms. The first-order valence-corrected chi connectivity index (χ1v) is 13.6. The topological polar surface area (TPSA) is 132 Å². The molecule has 1 aliphatic heterocycles. The maximum absolute atomic E-state index is 14.1. The Morgan fingerprint density at radius 3 is 2.34 bits per heavy atom. The zero-order valence-corrected chi connectivity index (χ0v) is 22.2. The average molecular weight is 535 g/mol. The fourth-order valence-electron chi connectivity index (χ4n) is 4.96. The van der Waals surface area contributed by atoms with Crippen LogP contribution in [0.4, 0.5) is 0 Å². The number of likely N-dealkylation sites (N-methyl/N-ethyl adjacent to an activating group) is 1. The van der Waals surface area contributed by atoms with Crippen LogP contribution in [-0.2, 0) is 16.1 Å². The number of likely N-dealkylation sites (tertiary alicyclic amines) is 1. The van der Waals surface area contributed by atoms with Crippen LogP contribution in [0.3, 0.4) is 0 Å². The second-order valence-electron chi connectivity index (χ2n) is 9.10. The van der Waals surface area contributed by atoms with Gasteiger partial charge in [0.2, 0.25) is 11.8 Å².